The summed E-state index contributed by atoms with van der Waals surface area (Å²) >= 11 is 1.47. The van der Waals surface area contributed by atoms with E-state index in [1.54, 1.807) is 0 Å². The number of hydrogen-bond donors (Lipinski definition) is 2. The largest absolute Gasteiger partial charge is 0.344 e. The van der Waals surface area contributed by atoms with Crippen LogP contribution in [0.1, 0.15) is 33.7 Å². The molecule has 6 nitrogen and oxygen atoms in total. The molecule has 7 heteroatoms. The summed E-state index contributed by atoms with van der Waals surface area (Å²) in [5.41, 5.74) is 3.35. The topological polar surface area (TPSA) is 83.6 Å². The first-order chi connectivity index (χ1) is 11.2. The molecule has 3 aromatic rings. The molecular weight excluding hydrogens is 310 g/mol. The fourth-order valence-corrected chi connectivity index (χ4v) is 3.05. The van der Waals surface area contributed by atoms with Crippen LogP contribution < -0.4 is 5.32 Å². The second kappa shape index (κ2) is 6.70. The molecule has 1 aromatic carbocycles. The highest BCUT2D eigenvalue weighted by Gasteiger charge is 2.16. The van der Waals surface area contributed by atoms with Gasteiger partial charge >= 0.3 is 0 Å². The second-order valence-corrected chi connectivity index (χ2v) is 6.14. The van der Waals surface area contributed by atoms with Crippen LogP contribution in [0.2, 0.25) is 0 Å². The van der Waals surface area contributed by atoms with E-state index in [1.807, 2.05) is 44.2 Å². The van der Waals surface area contributed by atoms with Crippen LogP contribution in [0.3, 0.4) is 0 Å². The van der Waals surface area contributed by atoms with Crippen molar-refractivity contribution < 1.29 is 4.79 Å². The summed E-state index contributed by atoms with van der Waals surface area (Å²) in [4.78, 5) is 12.2. The third kappa shape index (κ3) is 3.29. The zero-order chi connectivity index (χ0) is 16.2. The Morgan fingerprint density at radius 3 is 2.74 bits per heavy atom. The van der Waals surface area contributed by atoms with Crippen LogP contribution in [0, 0.1) is 6.92 Å². The molecule has 0 aliphatic rings. The molecule has 0 radical (unpaired) electrons. The number of hydrogen-bond acceptors (Lipinski definition) is 5. The summed E-state index contributed by atoms with van der Waals surface area (Å²) in [5.74, 6) is -0.199. The van der Waals surface area contributed by atoms with Gasteiger partial charge in [0.05, 0.1) is 6.54 Å². The highest BCUT2D eigenvalue weighted by atomic mass is 32.1. The van der Waals surface area contributed by atoms with Crippen LogP contribution in [-0.2, 0) is 13.0 Å². The number of aromatic amines is 1. The van der Waals surface area contributed by atoms with Gasteiger partial charge in [0.25, 0.3) is 5.91 Å². The smallest absolute Gasteiger partial charge is 0.272 e. The summed E-state index contributed by atoms with van der Waals surface area (Å²) in [5, 5.41) is 19.7. The summed E-state index contributed by atoms with van der Waals surface area (Å²) in [6.07, 6.45) is 0.822. The van der Waals surface area contributed by atoms with Gasteiger partial charge in [-0.3, -0.25) is 9.89 Å². The Bertz CT molecular complexity index is 809. The Morgan fingerprint density at radius 2 is 2.04 bits per heavy atom. The van der Waals surface area contributed by atoms with E-state index in [0.29, 0.717) is 12.2 Å². The normalized spacial score (nSPS) is 10.7. The number of carbonyl (C=O) groups excluding carboxylic acids is 1. The third-order valence-corrected chi connectivity index (χ3v) is 4.54. The number of carbonyl (C=O) groups is 1. The highest BCUT2D eigenvalue weighted by Crippen LogP contribution is 2.22. The Kier molecular flexibility index (Phi) is 4.47. The number of amides is 1. The predicted molar refractivity (Wildman–Crippen MR) is 89.2 cm³/mol. The highest BCUT2D eigenvalue weighted by molar-refractivity contribution is 7.14. The van der Waals surface area contributed by atoms with Gasteiger partial charge in [0.2, 0.25) is 0 Å². The summed E-state index contributed by atoms with van der Waals surface area (Å²) in [6, 6.07) is 9.86. The lowest BCUT2D eigenvalue weighted by Gasteiger charge is -2.01. The maximum Gasteiger partial charge on any atom is 0.272 e. The van der Waals surface area contributed by atoms with Crippen LogP contribution in [-0.4, -0.2) is 26.3 Å². The van der Waals surface area contributed by atoms with Crippen LogP contribution in [0.15, 0.2) is 30.3 Å². The Hall–Kier alpha value is -2.54. The zero-order valence-electron chi connectivity index (χ0n) is 13.0. The first-order valence-corrected chi connectivity index (χ1v) is 8.20. The molecule has 3 rings (SSSR count). The molecule has 0 unspecified atom stereocenters. The molecular formula is C16H17N5OS. The van der Waals surface area contributed by atoms with Crippen molar-refractivity contribution in [1.82, 2.24) is 25.7 Å². The molecule has 1 amide bonds. The van der Waals surface area contributed by atoms with Crippen molar-refractivity contribution in [3.63, 3.8) is 0 Å². The molecule has 0 fully saturated rings. The Balaban J connectivity index is 1.66. The van der Waals surface area contributed by atoms with Crippen LogP contribution in [0.4, 0.5) is 0 Å². The first-order valence-electron chi connectivity index (χ1n) is 7.39. The summed E-state index contributed by atoms with van der Waals surface area (Å²) < 4.78 is 0. The molecule has 0 saturated heterocycles. The van der Waals surface area contributed by atoms with Crippen molar-refractivity contribution in [2.75, 3.05) is 0 Å². The van der Waals surface area contributed by atoms with Crippen molar-refractivity contribution >= 4 is 17.2 Å². The number of aromatic nitrogens is 4. The van der Waals surface area contributed by atoms with Crippen LogP contribution >= 0.6 is 11.3 Å². The SMILES string of the molecule is CCc1[nH]nc(C(=O)NCc2nnc(-c3ccccc3)s2)c1C. The van der Waals surface area contributed by atoms with Crippen molar-refractivity contribution in [3.8, 4) is 10.6 Å². The number of aryl methyl sites for hydroxylation is 1. The molecule has 0 spiro atoms. The molecule has 2 N–H and O–H groups in total. The van der Waals surface area contributed by atoms with E-state index >= 15 is 0 Å². The molecule has 0 aliphatic heterocycles. The minimum Gasteiger partial charge on any atom is -0.344 e. The van der Waals surface area contributed by atoms with Gasteiger partial charge in [-0.2, -0.15) is 5.10 Å². The summed E-state index contributed by atoms with van der Waals surface area (Å²) in [7, 11) is 0. The fourth-order valence-electron chi connectivity index (χ4n) is 2.26. The van der Waals surface area contributed by atoms with Crippen molar-refractivity contribution in [2.45, 2.75) is 26.8 Å². The summed E-state index contributed by atoms with van der Waals surface area (Å²) in [6.45, 7) is 4.27. The lowest BCUT2D eigenvalue weighted by atomic mass is 10.1. The van der Waals surface area contributed by atoms with Gasteiger partial charge in [0.15, 0.2) is 5.69 Å². The lowest BCUT2D eigenvalue weighted by molar-refractivity contribution is 0.0945. The van der Waals surface area contributed by atoms with Gasteiger partial charge < -0.3 is 5.32 Å². The number of H-pyrrole nitrogens is 1. The number of rotatable bonds is 5. The third-order valence-electron chi connectivity index (χ3n) is 3.57. The van der Waals surface area contributed by atoms with Crippen molar-refractivity contribution in [3.05, 3.63) is 52.3 Å². The minimum absolute atomic E-state index is 0.199. The maximum atomic E-state index is 12.2. The van der Waals surface area contributed by atoms with E-state index in [9.17, 15) is 4.79 Å². The average Bonchev–Trinajstić information content (AvgIpc) is 3.20. The quantitative estimate of drug-likeness (QED) is 0.755. The van der Waals surface area contributed by atoms with E-state index in [2.05, 4.69) is 25.7 Å². The molecule has 0 atom stereocenters. The van der Waals surface area contributed by atoms with Crippen molar-refractivity contribution in [2.24, 2.45) is 0 Å². The van der Waals surface area contributed by atoms with Gasteiger partial charge in [0, 0.05) is 16.8 Å². The van der Waals surface area contributed by atoms with E-state index in [0.717, 1.165) is 33.3 Å². The van der Waals surface area contributed by atoms with E-state index < -0.39 is 0 Å². The van der Waals surface area contributed by atoms with Crippen LogP contribution in [0.5, 0.6) is 0 Å². The van der Waals surface area contributed by atoms with E-state index in [1.165, 1.54) is 11.3 Å². The minimum atomic E-state index is -0.199. The first kappa shape index (κ1) is 15.4. The fraction of sp³-hybridized carbons (Fsp3) is 0.250. The number of benzene rings is 1. The molecule has 0 bridgehead atoms. The van der Waals surface area contributed by atoms with Gasteiger partial charge in [-0.05, 0) is 13.3 Å². The molecule has 118 valence electrons. The molecule has 2 aromatic heterocycles. The van der Waals surface area contributed by atoms with Crippen molar-refractivity contribution in [1.29, 1.82) is 0 Å². The predicted octanol–water partition coefficient (Wildman–Crippen LogP) is 2.73. The lowest BCUT2D eigenvalue weighted by Crippen LogP contribution is -2.23. The maximum absolute atomic E-state index is 12.2. The van der Waals surface area contributed by atoms with Gasteiger partial charge in [-0.1, -0.05) is 48.6 Å². The molecule has 2 heterocycles. The average molecular weight is 327 g/mol. The zero-order valence-corrected chi connectivity index (χ0v) is 13.8. The number of nitrogens with zero attached hydrogens (tertiary/aromatic N) is 3. The van der Waals surface area contributed by atoms with Gasteiger partial charge in [-0.15, -0.1) is 10.2 Å². The van der Waals surface area contributed by atoms with Gasteiger partial charge in [-0.25, -0.2) is 0 Å². The second-order valence-electron chi connectivity index (χ2n) is 5.08. The standard InChI is InChI=1S/C16H17N5OS/c1-3-12-10(2)14(20-18-12)15(22)17-9-13-19-21-16(23-13)11-7-5-4-6-8-11/h4-8H,3,9H2,1-2H3,(H,17,22)(H,18,20). The van der Waals surface area contributed by atoms with E-state index in [-0.39, 0.29) is 5.91 Å². The molecule has 0 aliphatic carbocycles. The molecule has 0 saturated carbocycles. The monoisotopic (exact) mass is 327 g/mol. The van der Waals surface area contributed by atoms with Gasteiger partial charge in [0.1, 0.15) is 10.0 Å². The Morgan fingerprint density at radius 1 is 1.26 bits per heavy atom. The molecule has 23 heavy (non-hydrogen) atoms. The number of nitrogens with one attached hydrogen (secondary N) is 2. The van der Waals surface area contributed by atoms with Crippen LogP contribution in [0.25, 0.3) is 10.6 Å². The van der Waals surface area contributed by atoms with E-state index in [4.69, 9.17) is 0 Å². The Labute approximate surface area is 138 Å².